The zero-order chi connectivity index (χ0) is 14.8. The Morgan fingerprint density at radius 1 is 1.33 bits per heavy atom. The average molecular weight is 301 g/mol. The number of anilines is 2. The molecule has 6 heteroatoms. The molecule has 0 aliphatic carbocycles. The third kappa shape index (κ3) is 2.80. The van der Waals surface area contributed by atoms with E-state index < -0.39 is 0 Å². The number of pyridine rings is 1. The van der Waals surface area contributed by atoms with E-state index in [0.29, 0.717) is 18.7 Å². The number of thioether (sulfide) groups is 1. The summed E-state index contributed by atoms with van der Waals surface area (Å²) in [7, 11) is 0. The summed E-state index contributed by atoms with van der Waals surface area (Å²) in [6, 6.07) is 7.39. The lowest BCUT2D eigenvalue weighted by atomic mass is 10.1. The van der Waals surface area contributed by atoms with E-state index in [9.17, 15) is 4.79 Å². The third-order valence-corrected chi connectivity index (χ3v) is 4.10. The van der Waals surface area contributed by atoms with Crippen molar-refractivity contribution in [2.45, 2.75) is 17.7 Å². The highest BCUT2D eigenvalue weighted by Crippen LogP contribution is 2.34. The molecule has 0 fully saturated rings. The molecule has 0 saturated heterocycles. The van der Waals surface area contributed by atoms with Crippen LogP contribution in [0.2, 0.25) is 0 Å². The molecular weight excluding hydrogens is 286 g/mol. The van der Waals surface area contributed by atoms with Crippen molar-refractivity contribution >= 4 is 29.2 Å². The number of fused-ring (bicyclic) bond motifs is 1. The van der Waals surface area contributed by atoms with Crippen molar-refractivity contribution in [3.8, 4) is 11.5 Å². The van der Waals surface area contributed by atoms with Crippen LogP contribution >= 0.6 is 11.8 Å². The Labute approximate surface area is 126 Å². The molecule has 1 aliphatic heterocycles. The molecule has 5 nitrogen and oxygen atoms in total. The van der Waals surface area contributed by atoms with E-state index in [2.05, 4.69) is 10.3 Å². The molecule has 0 spiro atoms. The van der Waals surface area contributed by atoms with Crippen LogP contribution in [-0.4, -0.2) is 17.1 Å². The van der Waals surface area contributed by atoms with Gasteiger partial charge in [0.25, 0.3) is 0 Å². The second-order valence-electron chi connectivity index (χ2n) is 4.69. The van der Waals surface area contributed by atoms with Crippen molar-refractivity contribution in [3.05, 3.63) is 36.0 Å². The van der Waals surface area contributed by atoms with E-state index >= 15 is 0 Å². The summed E-state index contributed by atoms with van der Waals surface area (Å²) in [6.45, 7) is 0. The van der Waals surface area contributed by atoms with Crippen molar-refractivity contribution in [3.63, 3.8) is 0 Å². The predicted octanol–water partition coefficient (Wildman–Crippen LogP) is 3.06. The molecule has 0 saturated carbocycles. The van der Waals surface area contributed by atoms with Gasteiger partial charge in [0.05, 0.1) is 0 Å². The van der Waals surface area contributed by atoms with Gasteiger partial charge in [0.15, 0.2) is 0 Å². The summed E-state index contributed by atoms with van der Waals surface area (Å²) in [5.41, 5.74) is 7.55. The number of nitrogens with two attached hydrogens (primary N) is 1. The van der Waals surface area contributed by atoms with Gasteiger partial charge in [0.1, 0.15) is 17.3 Å². The molecule has 1 aromatic heterocycles. The van der Waals surface area contributed by atoms with Crippen molar-refractivity contribution < 1.29 is 9.53 Å². The Morgan fingerprint density at radius 2 is 2.19 bits per heavy atom. The molecule has 0 radical (unpaired) electrons. The number of amides is 1. The summed E-state index contributed by atoms with van der Waals surface area (Å²) in [6.07, 6.45) is 4.69. The van der Waals surface area contributed by atoms with Gasteiger partial charge in [-0.2, -0.15) is 0 Å². The van der Waals surface area contributed by atoms with Crippen molar-refractivity contribution in [1.29, 1.82) is 0 Å². The molecule has 3 rings (SSSR count). The summed E-state index contributed by atoms with van der Waals surface area (Å²) in [5, 5.41) is 2.76. The Kier molecular flexibility index (Phi) is 3.70. The number of nitrogens with one attached hydrogen (secondary N) is 1. The fourth-order valence-corrected chi connectivity index (χ4v) is 2.77. The highest BCUT2D eigenvalue weighted by molar-refractivity contribution is 7.98. The lowest BCUT2D eigenvalue weighted by Crippen LogP contribution is -2.20. The topological polar surface area (TPSA) is 77.2 Å². The fourth-order valence-electron chi connectivity index (χ4n) is 2.23. The number of rotatable bonds is 3. The van der Waals surface area contributed by atoms with Gasteiger partial charge in [-0.25, -0.2) is 4.98 Å². The number of ether oxygens (including phenoxy) is 1. The van der Waals surface area contributed by atoms with E-state index in [-0.39, 0.29) is 5.91 Å². The quantitative estimate of drug-likeness (QED) is 0.673. The van der Waals surface area contributed by atoms with Crippen molar-refractivity contribution in [2.24, 2.45) is 0 Å². The molecule has 0 unspecified atom stereocenters. The van der Waals surface area contributed by atoms with E-state index in [1.807, 2.05) is 30.5 Å². The van der Waals surface area contributed by atoms with Gasteiger partial charge < -0.3 is 15.8 Å². The maximum Gasteiger partial charge on any atom is 0.225 e. The lowest BCUT2D eigenvalue weighted by molar-refractivity contribution is -0.116. The standard InChI is InChI=1S/C15H15N3O2S/c1-21-13-8-9(2-4-11(13)16)20-12-6-7-17-15-10(12)3-5-14(19)18-15/h2,4,6-8H,3,5,16H2,1H3,(H,17,18,19). The molecule has 1 aromatic carbocycles. The smallest absolute Gasteiger partial charge is 0.225 e. The van der Waals surface area contributed by atoms with Gasteiger partial charge in [0.2, 0.25) is 5.91 Å². The normalized spacial score (nSPS) is 13.5. The number of carbonyl (C=O) groups is 1. The highest BCUT2D eigenvalue weighted by atomic mass is 32.2. The lowest BCUT2D eigenvalue weighted by Gasteiger charge is -2.19. The number of hydrogen-bond acceptors (Lipinski definition) is 5. The van der Waals surface area contributed by atoms with Gasteiger partial charge in [-0.05, 0) is 36.9 Å². The van der Waals surface area contributed by atoms with E-state index in [4.69, 9.17) is 10.5 Å². The summed E-state index contributed by atoms with van der Waals surface area (Å²) in [5.74, 6) is 2.02. The molecule has 2 aromatic rings. The number of benzene rings is 1. The summed E-state index contributed by atoms with van der Waals surface area (Å²) >= 11 is 1.57. The van der Waals surface area contributed by atoms with Gasteiger partial charge in [0, 0.05) is 28.8 Å². The highest BCUT2D eigenvalue weighted by Gasteiger charge is 2.20. The zero-order valence-corrected chi connectivity index (χ0v) is 12.4. The van der Waals surface area contributed by atoms with Crippen LogP contribution in [0.4, 0.5) is 11.5 Å². The molecule has 0 atom stereocenters. The summed E-state index contributed by atoms with van der Waals surface area (Å²) in [4.78, 5) is 16.6. The van der Waals surface area contributed by atoms with Crippen LogP contribution in [0.15, 0.2) is 35.4 Å². The molecule has 1 aliphatic rings. The number of nitrogen functional groups attached to an aromatic ring is 1. The first-order valence-corrected chi connectivity index (χ1v) is 7.79. The van der Waals surface area contributed by atoms with E-state index in [1.54, 1.807) is 18.0 Å². The van der Waals surface area contributed by atoms with Gasteiger partial charge in [-0.15, -0.1) is 11.8 Å². The Bertz CT molecular complexity index is 703. The third-order valence-electron chi connectivity index (χ3n) is 3.31. The fraction of sp³-hybridized carbons (Fsp3) is 0.200. The van der Waals surface area contributed by atoms with Gasteiger partial charge >= 0.3 is 0 Å². The van der Waals surface area contributed by atoms with Crippen LogP contribution < -0.4 is 15.8 Å². The van der Waals surface area contributed by atoms with Crippen LogP contribution in [-0.2, 0) is 11.2 Å². The molecule has 0 bridgehead atoms. The van der Waals surface area contributed by atoms with Crippen LogP contribution in [0.1, 0.15) is 12.0 Å². The largest absolute Gasteiger partial charge is 0.457 e. The molecule has 1 amide bonds. The Balaban J connectivity index is 1.92. The van der Waals surface area contributed by atoms with E-state index in [0.717, 1.165) is 27.6 Å². The van der Waals surface area contributed by atoms with Crippen LogP contribution in [0, 0.1) is 0 Å². The molecular formula is C15H15N3O2S. The zero-order valence-electron chi connectivity index (χ0n) is 11.6. The number of hydrogen-bond donors (Lipinski definition) is 2. The predicted molar refractivity (Wildman–Crippen MR) is 83.9 cm³/mol. The van der Waals surface area contributed by atoms with Crippen LogP contribution in [0.25, 0.3) is 0 Å². The van der Waals surface area contributed by atoms with Crippen molar-refractivity contribution in [2.75, 3.05) is 17.3 Å². The van der Waals surface area contributed by atoms with Crippen molar-refractivity contribution in [1.82, 2.24) is 4.98 Å². The second-order valence-corrected chi connectivity index (χ2v) is 5.54. The maximum absolute atomic E-state index is 11.4. The Morgan fingerprint density at radius 3 is 3.00 bits per heavy atom. The number of carbonyl (C=O) groups excluding carboxylic acids is 1. The molecule has 3 N–H and O–H groups in total. The molecule has 108 valence electrons. The first-order valence-electron chi connectivity index (χ1n) is 6.56. The van der Waals surface area contributed by atoms with Gasteiger partial charge in [-0.1, -0.05) is 0 Å². The Hall–Kier alpha value is -2.21. The number of aromatic nitrogens is 1. The molecule has 2 heterocycles. The van der Waals surface area contributed by atoms with E-state index in [1.165, 1.54) is 0 Å². The first-order chi connectivity index (χ1) is 10.2. The van der Waals surface area contributed by atoms with Crippen LogP contribution in [0.3, 0.4) is 0 Å². The second kappa shape index (κ2) is 5.65. The average Bonchev–Trinajstić information content (AvgIpc) is 2.49. The molecule has 21 heavy (non-hydrogen) atoms. The number of nitrogens with zero attached hydrogens (tertiary/aromatic N) is 1. The minimum absolute atomic E-state index is 0.00990. The first kappa shape index (κ1) is 13.8. The monoisotopic (exact) mass is 301 g/mol. The maximum atomic E-state index is 11.4. The summed E-state index contributed by atoms with van der Waals surface area (Å²) < 4.78 is 5.95. The minimum atomic E-state index is -0.00990. The van der Waals surface area contributed by atoms with Crippen LogP contribution in [0.5, 0.6) is 11.5 Å². The SMILES string of the molecule is CSc1cc(Oc2ccnc3c2CCC(=O)N3)ccc1N. The minimum Gasteiger partial charge on any atom is -0.457 e. The van der Waals surface area contributed by atoms with Gasteiger partial charge in [-0.3, -0.25) is 4.79 Å².